The Hall–Kier alpha value is -1.43. The van der Waals surface area contributed by atoms with Crippen LogP contribution >= 0.6 is 34.7 Å². The molecule has 0 radical (unpaired) electrons. The van der Waals surface area contributed by atoms with Gasteiger partial charge in [-0.25, -0.2) is 12.8 Å². The SMILES string of the molecule is CC[C@@H](C(=O)Nc1nnc(SC(C)C)s1)N(c1ccc(F)c(Cl)c1)S(C)(=O)=O. The zero-order valence-electron chi connectivity index (χ0n) is 15.6. The fourth-order valence-electron chi connectivity index (χ4n) is 2.38. The lowest BCUT2D eigenvalue weighted by Crippen LogP contribution is -2.47. The Labute approximate surface area is 176 Å². The largest absolute Gasteiger partial charge is 0.299 e. The van der Waals surface area contributed by atoms with E-state index in [2.05, 4.69) is 15.5 Å². The second kappa shape index (κ2) is 9.38. The van der Waals surface area contributed by atoms with Gasteiger partial charge >= 0.3 is 0 Å². The molecule has 0 aliphatic carbocycles. The Kier molecular flexibility index (Phi) is 7.66. The first-order chi connectivity index (χ1) is 13.0. The minimum Gasteiger partial charge on any atom is -0.299 e. The summed E-state index contributed by atoms with van der Waals surface area (Å²) in [5.74, 6) is -1.24. The number of benzene rings is 1. The van der Waals surface area contributed by atoms with Gasteiger partial charge in [0.25, 0.3) is 0 Å². The molecule has 1 N–H and O–H groups in total. The molecule has 0 aliphatic rings. The Morgan fingerprint density at radius 2 is 2.07 bits per heavy atom. The normalized spacial score (nSPS) is 12.8. The molecule has 0 unspecified atom stereocenters. The second-order valence-electron chi connectivity index (χ2n) is 6.11. The lowest BCUT2D eigenvalue weighted by Gasteiger charge is -2.29. The minimum atomic E-state index is -3.85. The Morgan fingerprint density at radius 1 is 1.39 bits per heavy atom. The van der Waals surface area contributed by atoms with Gasteiger partial charge in [-0.1, -0.05) is 55.5 Å². The van der Waals surface area contributed by atoms with E-state index in [0.717, 1.165) is 16.6 Å². The fraction of sp³-hybridized carbons (Fsp3) is 0.438. The number of rotatable bonds is 8. The summed E-state index contributed by atoms with van der Waals surface area (Å²) in [4.78, 5) is 12.8. The maximum absolute atomic E-state index is 13.5. The first kappa shape index (κ1) is 22.9. The van der Waals surface area contributed by atoms with Gasteiger partial charge < -0.3 is 0 Å². The summed E-state index contributed by atoms with van der Waals surface area (Å²) in [6, 6.07) is 2.43. The van der Waals surface area contributed by atoms with Crippen LogP contribution in [-0.2, 0) is 14.8 Å². The van der Waals surface area contributed by atoms with Gasteiger partial charge in [0.1, 0.15) is 11.9 Å². The summed E-state index contributed by atoms with van der Waals surface area (Å²) < 4.78 is 39.9. The van der Waals surface area contributed by atoms with Gasteiger partial charge in [-0.2, -0.15) is 0 Å². The Balaban J connectivity index is 2.31. The average Bonchev–Trinajstić information content (AvgIpc) is 3.00. The van der Waals surface area contributed by atoms with Gasteiger partial charge in [0.15, 0.2) is 4.34 Å². The van der Waals surface area contributed by atoms with Crippen molar-refractivity contribution in [2.24, 2.45) is 0 Å². The highest BCUT2D eigenvalue weighted by Gasteiger charge is 2.32. The number of hydrogen-bond donors (Lipinski definition) is 1. The van der Waals surface area contributed by atoms with E-state index >= 15 is 0 Å². The number of hydrogen-bond acceptors (Lipinski definition) is 7. The van der Waals surface area contributed by atoms with Crippen molar-refractivity contribution in [1.82, 2.24) is 10.2 Å². The summed E-state index contributed by atoms with van der Waals surface area (Å²) in [5.41, 5.74) is 0.101. The fourth-order valence-corrected chi connectivity index (χ4v) is 5.74. The summed E-state index contributed by atoms with van der Waals surface area (Å²) >= 11 is 8.51. The molecule has 1 amide bonds. The molecule has 1 aromatic heterocycles. The van der Waals surface area contributed by atoms with Gasteiger partial charge in [0, 0.05) is 5.25 Å². The second-order valence-corrected chi connectivity index (χ2v) is 11.2. The van der Waals surface area contributed by atoms with Crippen molar-refractivity contribution in [2.45, 2.75) is 42.8 Å². The first-order valence-electron chi connectivity index (χ1n) is 8.28. The lowest BCUT2D eigenvalue weighted by atomic mass is 10.2. The van der Waals surface area contributed by atoms with Crippen LogP contribution in [0.15, 0.2) is 22.5 Å². The molecule has 0 bridgehead atoms. The molecule has 7 nitrogen and oxygen atoms in total. The Morgan fingerprint density at radius 3 is 2.61 bits per heavy atom. The molecule has 12 heteroatoms. The molecule has 1 aromatic carbocycles. The highest BCUT2D eigenvalue weighted by Crippen LogP contribution is 2.30. The molecule has 0 spiro atoms. The third-order valence-electron chi connectivity index (χ3n) is 3.46. The molecule has 0 saturated heterocycles. The van der Waals surface area contributed by atoms with Gasteiger partial charge in [-0.3, -0.25) is 14.4 Å². The smallest absolute Gasteiger partial charge is 0.250 e. The number of nitrogens with one attached hydrogen (secondary N) is 1. The minimum absolute atomic E-state index is 0.101. The van der Waals surface area contributed by atoms with Crippen LogP contribution < -0.4 is 9.62 Å². The van der Waals surface area contributed by atoms with Crippen molar-refractivity contribution in [3.05, 3.63) is 29.0 Å². The topological polar surface area (TPSA) is 92.3 Å². The molecule has 1 heterocycles. The molecular formula is C16H20ClFN4O3S3. The zero-order chi connectivity index (χ0) is 21.1. The molecular weight excluding hydrogens is 447 g/mol. The number of carbonyl (C=O) groups is 1. The van der Waals surface area contributed by atoms with Crippen LogP contribution in [0.1, 0.15) is 27.2 Å². The highest BCUT2D eigenvalue weighted by molar-refractivity contribution is 8.01. The molecule has 2 aromatic rings. The molecule has 0 fully saturated rings. The quantitative estimate of drug-likeness (QED) is 0.466. The number of carbonyl (C=O) groups excluding carboxylic acids is 1. The van der Waals surface area contributed by atoms with Crippen LogP contribution in [0.5, 0.6) is 0 Å². The van der Waals surface area contributed by atoms with E-state index in [0.29, 0.717) is 9.59 Å². The molecule has 0 saturated carbocycles. The number of nitrogens with zero attached hydrogens (tertiary/aromatic N) is 3. The lowest BCUT2D eigenvalue weighted by molar-refractivity contribution is -0.117. The van der Waals surface area contributed by atoms with Gasteiger partial charge in [-0.05, 0) is 24.6 Å². The molecule has 154 valence electrons. The number of halogens is 2. The highest BCUT2D eigenvalue weighted by atomic mass is 35.5. The van der Waals surface area contributed by atoms with Crippen LogP contribution in [0.4, 0.5) is 15.2 Å². The summed E-state index contributed by atoms with van der Waals surface area (Å²) in [6.45, 7) is 5.69. The van der Waals surface area contributed by atoms with E-state index in [4.69, 9.17) is 11.6 Å². The standard InChI is InChI=1S/C16H20ClFN4O3S3/c1-5-13(14(23)19-15-20-21-16(27-15)26-9(2)3)22(28(4,24)25)10-6-7-12(18)11(17)8-10/h6-9,13H,5H2,1-4H3,(H,19,20,23)/t13-/m0/s1. The van der Waals surface area contributed by atoms with E-state index in [-0.39, 0.29) is 22.3 Å². The van der Waals surface area contributed by atoms with Crippen molar-refractivity contribution in [3.8, 4) is 0 Å². The Bertz CT molecular complexity index is 952. The molecule has 0 aliphatic heterocycles. The van der Waals surface area contributed by atoms with Crippen molar-refractivity contribution in [2.75, 3.05) is 15.9 Å². The van der Waals surface area contributed by atoms with Crippen LogP contribution in [0.3, 0.4) is 0 Å². The third-order valence-corrected chi connectivity index (χ3v) is 6.86. The van der Waals surface area contributed by atoms with Gasteiger partial charge in [0.2, 0.25) is 21.1 Å². The van der Waals surface area contributed by atoms with Crippen LogP contribution in [0.25, 0.3) is 0 Å². The average molecular weight is 467 g/mol. The third kappa shape index (κ3) is 5.79. The van der Waals surface area contributed by atoms with Gasteiger partial charge in [0.05, 0.1) is 17.0 Å². The van der Waals surface area contributed by atoms with Crippen molar-refractivity contribution in [3.63, 3.8) is 0 Å². The predicted octanol–water partition coefficient (Wildman–Crippen LogP) is 4.01. The molecule has 28 heavy (non-hydrogen) atoms. The summed E-state index contributed by atoms with van der Waals surface area (Å²) in [6.07, 6.45) is 1.16. The number of anilines is 2. The summed E-state index contributed by atoms with van der Waals surface area (Å²) in [7, 11) is -3.85. The predicted molar refractivity (Wildman–Crippen MR) is 112 cm³/mol. The number of sulfonamides is 1. The monoisotopic (exact) mass is 466 g/mol. The van der Waals surface area contributed by atoms with E-state index in [9.17, 15) is 17.6 Å². The van der Waals surface area contributed by atoms with Crippen LogP contribution in [0, 0.1) is 5.82 Å². The maximum atomic E-state index is 13.5. The number of amides is 1. The van der Waals surface area contributed by atoms with E-state index in [1.807, 2.05) is 13.8 Å². The van der Waals surface area contributed by atoms with Crippen molar-refractivity contribution < 1.29 is 17.6 Å². The van der Waals surface area contributed by atoms with E-state index in [1.165, 1.54) is 35.2 Å². The van der Waals surface area contributed by atoms with Gasteiger partial charge in [-0.15, -0.1) is 10.2 Å². The number of thioether (sulfide) groups is 1. The van der Waals surface area contributed by atoms with Crippen LogP contribution in [0.2, 0.25) is 5.02 Å². The maximum Gasteiger partial charge on any atom is 0.250 e. The van der Waals surface area contributed by atoms with Crippen LogP contribution in [-0.4, -0.2) is 42.1 Å². The summed E-state index contributed by atoms with van der Waals surface area (Å²) in [5, 5.41) is 10.9. The zero-order valence-corrected chi connectivity index (χ0v) is 18.8. The molecule has 1 atom stereocenters. The van der Waals surface area contributed by atoms with E-state index in [1.54, 1.807) is 6.92 Å². The van der Waals surface area contributed by atoms with Crippen molar-refractivity contribution >= 4 is 61.4 Å². The number of aromatic nitrogens is 2. The molecule has 2 rings (SSSR count). The van der Waals surface area contributed by atoms with Crippen molar-refractivity contribution in [1.29, 1.82) is 0 Å². The van der Waals surface area contributed by atoms with E-state index < -0.39 is 27.8 Å². The first-order valence-corrected chi connectivity index (χ1v) is 12.2.